The smallest absolute Gasteiger partial charge is 0.306 e. The third-order valence-corrected chi connectivity index (χ3v) is 3.66. The molecule has 0 unspecified atom stereocenters. The fourth-order valence-corrected chi connectivity index (χ4v) is 2.41. The summed E-state index contributed by atoms with van der Waals surface area (Å²) in [5.74, 6) is -0.767. The standard InChI is InChI=1S/C18H18ClFO4/c1-2-23-17(10-18(21)22)13-4-6-14(7-5-13)24-11-12-3-8-16(20)15(19)9-12/h3-9,17H,2,10-11H2,1H3,(H,21,22)/t17-/m0/s1. The number of ether oxygens (including phenoxy) is 2. The predicted octanol–water partition coefficient (Wildman–Crippen LogP) is 4.61. The van der Waals surface area contributed by atoms with Gasteiger partial charge in [0.1, 0.15) is 18.2 Å². The van der Waals surface area contributed by atoms with Gasteiger partial charge in [0.25, 0.3) is 0 Å². The molecule has 2 aromatic rings. The predicted molar refractivity (Wildman–Crippen MR) is 88.8 cm³/mol. The van der Waals surface area contributed by atoms with Gasteiger partial charge in [-0.1, -0.05) is 29.8 Å². The van der Waals surface area contributed by atoms with Crippen LogP contribution >= 0.6 is 11.6 Å². The second kappa shape index (κ2) is 8.66. The van der Waals surface area contributed by atoms with Crippen LogP contribution in [0.2, 0.25) is 5.02 Å². The van der Waals surface area contributed by atoms with E-state index < -0.39 is 17.9 Å². The van der Waals surface area contributed by atoms with Gasteiger partial charge in [0, 0.05) is 6.61 Å². The number of carboxylic acids is 1. The molecule has 0 saturated carbocycles. The topological polar surface area (TPSA) is 55.8 Å². The summed E-state index contributed by atoms with van der Waals surface area (Å²) in [6.45, 7) is 2.51. The van der Waals surface area contributed by atoms with Crippen molar-refractivity contribution in [1.82, 2.24) is 0 Å². The van der Waals surface area contributed by atoms with Crippen LogP contribution in [0.15, 0.2) is 42.5 Å². The molecule has 0 aliphatic heterocycles. The average Bonchev–Trinajstić information content (AvgIpc) is 2.56. The molecule has 0 saturated heterocycles. The van der Waals surface area contributed by atoms with E-state index in [-0.39, 0.29) is 18.1 Å². The third-order valence-electron chi connectivity index (χ3n) is 3.37. The molecule has 0 heterocycles. The van der Waals surface area contributed by atoms with Crippen molar-refractivity contribution in [2.45, 2.75) is 26.1 Å². The summed E-state index contributed by atoms with van der Waals surface area (Å²) in [6.07, 6.45) is -0.584. The van der Waals surface area contributed by atoms with Crippen molar-refractivity contribution in [3.05, 3.63) is 64.4 Å². The molecular weight excluding hydrogens is 335 g/mol. The van der Waals surface area contributed by atoms with Gasteiger partial charge in [0.15, 0.2) is 0 Å². The van der Waals surface area contributed by atoms with Crippen molar-refractivity contribution in [3.8, 4) is 5.75 Å². The normalized spacial score (nSPS) is 12.0. The number of hydrogen-bond donors (Lipinski definition) is 1. The minimum Gasteiger partial charge on any atom is -0.489 e. The fraction of sp³-hybridized carbons (Fsp3) is 0.278. The van der Waals surface area contributed by atoms with Gasteiger partial charge in [0.05, 0.1) is 17.5 Å². The van der Waals surface area contributed by atoms with E-state index in [0.29, 0.717) is 12.4 Å². The maximum absolute atomic E-state index is 13.1. The van der Waals surface area contributed by atoms with Crippen molar-refractivity contribution in [3.63, 3.8) is 0 Å². The monoisotopic (exact) mass is 352 g/mol. The van der Waals surface area contributed by atoms with Crippen LogP contribution < -0.4 is 4.74 Å². The summed E-state index contributed by atoms with van der Waals surface area (Å²) in [5.41, 5.74) is 1.53. The maximum atomic E-state index is 13.1. The highest BCUT2D eigenvalue weighted by Crippen LogP contribution is 2.24. The van der Waals surface area contributed by atoms with Crippen LogP contribution in [0.25, 0.3) is 0 Å². The van der Waals surface area contributed by atoms with E-state index in [1.165, 1.54) is 12.1 Å². The number of carbonyl (C=O) groups is 1. The molecule has 0 radical (unpaired) electrons. The van der Waals surface area contributed by atoms with Crippen LogP contribution in [-0.4, -0.2) is 17.7 Å². The Bertz CT molecular complexity index is 688. The third kappa shape index (κ3) is 5.22. The van der Waals surface area contributed by atoms with Crippen molar-refractivity contribution in [1.29, 1.82) is 0 Å². The molecule has 0 aromatic heterocycles. The summed E-state index contributed by atoms with van der Waals surface area (Å²) in [4.78, 5) is 10.9. The Kier molecular flexibility index (Phi) is 6.58. The molecule has 0 amide bonds. The first-order chi connectivity index (χ1) is 11.5. The highest BCUT2D eigenvalue weighted by molar-refractivity contribution is 6.30. The van der Waals surface area contributed by atoms with Gasteiger partial charge in [-0.15, -0.1) is 0 Å². The molecular formula is C18H18ClFO4. The molecule has 0 bridgehead atoms. The summed E-state index contributed by atoms with van der Waals surface area (Å²) in [5, 5.41) is 8.99. The first-order valence-electron chi connectivity index (χ1n) is 7.49. The van der Waals surface area contributed by atoms with Gasteiger partial charge in [-0.3, -0.25) is 4.79 Å². The molecule has 128 valence electrons. The zero-order chi connectivity index (χ0) is 17.5. The van der Waals surface area contributed by atoms with Crippen molar-refractivity contribution in [2.75, 3.05) is 6.61 Å². The van der Waals surface area contributed by atoms with E-state index in [9.17, 15) is 9.18 Å². The molecule has 1 N–H and O–H groups in total. The maximum Gasteiger partial charge on any atom is 0.306 e. The van der Waals surface area contributed by atoms with Crippen LogP contribution in [-0.2, 0) is 16.1 Å². The Morgan fingerprint density at radius 2 is 1.96 bits per heavy atom. The first kappa shape index (κ1) is 18.2. The Balaban J connectivity index is 2.00. The van der Waals surface area contributed by atoms with Gasteiger partial charge < -0.3 is 14.6 Å². The lowest BCUT2D eigenvalue weighted by atomic mass is 10.1. The summed E-state index contributed by atoms with van der Waals surface area (Å²) >= 11 is 5.73. The molecule has 0 aliphatic carbocycles. The number of hydrogen-bond acceptors (Lipinski definition) is 3. The molecule has 24 heavy (non-hydrogen) atoms. The molecule has 1 atom stereocenters. The average molecular weight is 353 g/mol. The summed E-state index contributed by atoms with van der Waals surface area (Å²) < 4.78 is 24.2. The van der Waals surface area contributed by atoms with Gasteiger partial charge in [-0.2, -0.15) is 0 Å². The van der Waals surface area contributed by atoms with E-state index in [1.54, 1.807) is 30.3 Å². The van der Waals surface area contributed by atoms with E-state index >= 15 is 0 Å². The zero-order valence-electron chi connectivity index (χ0n) is 13.2. The van der Waals surface area contributed by atoms with Crippen molar-refractivity contribution in [2.24, 2.45) is 0 Å². The van der Waals surface area contributed by atoms with E-state index in [2.05, 4.69) is 0 Å². The van der Waals surface area contributed by atoms with E-state index in [0.717, 1.165) is 11.1 Å². The van der Waals surface area contributed by atoms with Gasteiger partial charge in [0.2, 0.25) is 0 Å². The van der Waals surface area contributed by atoms with Crippen LogP contribution in [0, 0.1) is 5.82 Å². The highest BCUT2D eigenvalue weighted by atomic mass is 35.5. The molecule has 0 fully saturated rings. The molecule has 6 heteroatoms. The Morgan fingerprint density at radius 3 is 2.54 bits per heavy atom. The second-order valence-electron chi connectivity index (χ2n) is 5.15. The molecule has 2 aromatic carbocycles. The highest BCUT2D eigenvalue weighted by Gasteiger charge is 2.15. The number of halogens is 2. The first-order valence-corrected chi connectivity index (χ1v) is 7.87. The number of carboxylic acid groups (broad SMARTS) is 1. The lowest BCUT2D eigenvalue weighted by molar-refractivity contribution is -0.140. The minimum atomic E-state index is -0.915. The lowest BCUT2D eigenvalue weighted by Crippen LogP contribution is -2.10. The minimum absolute atomic E-state index is 0.0553. The van der Waals surface area contributed by atoms with Crippen LogP contribution in [0.4, 0.5) is 4.39 Å². The van der Waals surface area contributed by atoms with E-state index in [4.69, 9.17) is 26.2 Å². The van der Waals surface area contributed by atoms with Gasteiger partial charge in [-0.05, 0) is 42.3 Å². The molecule has 0 spiro atoms. The summed E-state index contributed by atoms with van der Waals surface area (Å²) in [7, 11) is 0. The van der Waals surface area contributed by atoms with Crippen LogP contribution in [0.5, 0.6) is 5.75 Å². The largest absolute Gasteiger partial charge is 0.489 e. The quantitative estimate of drug-likeness (QED) is 0.753. The lowest BCUT2D eigenvalue weighted by Gasteiger charge is -2.16. The number of benzene rings is 2. The SMILES string of the molecule is CCO[C@@H](CC(=O)O)c1ccc(OCc2ccc(F)c(Cl)c2)cc1. The molecule has 0 aliphatic rings. The Hall–Kier alpha value is -2.11. The van der Waals surface area contributed by atoms with Gasteiger partial charge in [-0.25, -0.2) is 4.39 Å². The number of aliphatic carboxylic acids is 1. The second-order valence-corrected chi connectivity index (χ2v) is 5.56. The van der Waals surface area contributed by atoms with Gasteiger partial charge >= 0.3 is 5.97 Å². The Morgan fingerprint density at radius 1 is 1.25 bits per heavy atom. The number of rotatable bonds is 8. The molecule has 2 rings (SSSR count). The van der Waals surface area contributed by atoms with Crippen LogP contribution in [0.3, 0.4) is 0 Å². The van der Waals surface area contributed by atoms with Crippen LogP contribution in [0.1, 0.15) is 30.6 Å². The summed E-state index contributed by atoms with van der Waals surface area (Å²) in [6, 6.07) is 11.5. The Labute approximate surface area is 144 Å². The molecule has 4 nitrogen and oxygen atoms in total. The van der Waals surface area contributed by atoms with Crippen molar-refractivity contribution < 1.29 is 23.8 Å². The fourth-order valence-electron chi connectivity index (χ4n) is 2.21. The zero-order valence-corrected chi connectivity index (χ0v) is 13.9. The van der Waals surface area contributed by atoms with Crippen molar-refractivity contribution >= 4 is 17.6 Å². The van der Waals surface area contributed by atoms with E-state index in [1.807, 2.05) is 6.92 Å².